The van der Waals surface area contributed by atoms with Crippen LogP contribution in [0.15, 0.2) is 53.5 Å². The summed E-state index contributed by atoms with van der Waals surface area (Å²) in [4.78, 5) is 15.8. The van der Waals surface area contributed by atoms with Gasteiger partial charge in [-0.2, -0.15) is 0 Å². The Balaban J connectivity index is 1.85. The Hall–Kier alpha value is -3.02. The standard InChI is InChI=1S/C20H26N4O2/c1-3-22-20(23-11-12-26-18-9-7-15(2)8-10-18)24-14-16-5-4-6-17(13-16)19(21)25/h4-10,13H,3,11-12,14H2,1-2H3,(H2,21,25)(H2,22,23,24). The summed E-state index contributed by atoms with van der Waals surface area (Å²) < 4.78 is 5.70. The second kappa shape index (κ2) is 10.1. The number of aryl methyl sites for hydroxylation is 1. The number of aliphatic imine (C=N–C) groups is 1. The van der Waals surface area contributed by atoms with Gasteiger partial charge in [0.05, 0.1) is 13.1 Å². The molecule has 0 atom stereocenters. The molecule has 138 valence electrons. The molecule has 4 N–H and O–H groups in total. The van der Waals surface area contributed by atoms with Gasteiger partial charge in [-0.3, -0.25) is 4.79 Å². The van der Waals surface area contributed by atoms with Crippen LogP contribution in [0.3, 0.4) is 0 Å². The highest BCUT2D eigenvalue weighted by atomic mass is 16.5. The third-order valence-corrected chi connectivity index (χ3v) is 3.66. The summed E-state index contributed by atoms with van der Waals surface area (Å²) in [7, 11) is 0. The van der Waals surface area contributed by atoms with E-state index in [2.05, 4.69) is 15.6 Å². The molecule has 2 aromatic carbocycles. The smallest absolute Gasteiger partial charge is 0.248 e. The molecule has 2 aromatic rings. The first kappa shape index (κ1) is 19.3. The van der Waals surface area contributed by atoms with Crippen LogP contribution in [0.25, 0.3) is 0 Å². The first-order valence-electron chi connectivity index (χ1n) is 8.69. The van der Waals surface area contributed by atoms with Crippen molar-refractivity contribution in [3.8, 4) is 5.75 Å². The van der Waals surface area contributed by atoms with Crippen molar-refractivity contribution in [2.75, 3.05) is 19.7 Å². The minimum atomic E-state index is -0.436. The molecular weight excluding hydrogens is 328 g/mol. The monoisotopic (exact) mass is 354 g/mol. The number of amides is 1. The third kappa shape index (κ3) is 6.47. The van der Waals surface area contributed by atoms with Crippen molar-refractivity contribution in [1.29, 1.82) is 0 Å². The van der Waals surface area contributed by atoms with Crippen LogP contribution in [0.1, 0.15) is 28.4 Å². The van der Waals surface area contributed by atoms with Crippen LogP contribution in [0.5, 0.6) is 5.75 Å². The predicted molar refractivity (Wildman–Crippen MR) is 104 cm³/mol. The van der Waals surface area contributed by atoms with E-state index in [4.69, 9.17) is 10.5 Å². The quantitative estimate of drug-likeness (QED) is 0.385. The molecule has 6 heteroatoms. The Morgan fingerprint density at radius 3 is 2.62 bits per heavy atom. The predicted octanol–water partition coefficient (Wildman–Crippen LogP) is 2.23. The number of nitrogens with two attached hydrogens (primary N) is 1. The number of primary amides is 1. The SMILES string of the molecule is CCNC(=NCc1cccc(C(N)=O)c1)NCCOc1ccc(C)cc1. The van der Waals surface area contributed by atoms with Gasteiger partial charge in [-0.05, 0) is 43.7 Å². The number of ether oxygens (including phenoxy) is 1. The van der Waals surface area contributed by atoms with Crippen molar-refractivity contribution < 1.29 is 9.53 Å². The zero-order valence-corrected chi connectivity index (χ0v) is 15.3. The van der Waals surface area contributed by atoms with Gasteiger partial charge >= 0.3 is 0 Å². The molecule has 0 fully saturated rings. The molecule has 0 aromatic heterocycles. The fraction of sp³-hybridized carbons (Fsp3) is 0.300. The number of nitrogens with zero attached hydrogens (tertiary/aromatic N) is 1. The molecular formula is C20H26N4O2. The van der Waals surface area contributed by atoms with Crippen LogP contribution in [0.4, 0.5) is 0 Å². The zero-order valence-electron chi connectivity index (χ0n) is 15.3. The van der Waals surface area contributed by atoms with Crippen LogP contribution in [0, 0.1) is 6.92 Å². The molecule has 6 nitrogen and oxygen atoms in total. The Kier molecular flexibility index (Phi) is 7.49. The van der Waals surface area contributed by atoms with Crippen molar-refractivity contribution in [2.24, 2.45) is 10.7 Å². The first-order chi connectivity index (χ1) is 12.6. The highest BCUT2D eigenvalue weighted by molar-refractivity contribution is 5.92. The fourth-order valence-electron chi connectivity index (χ4n) is 2.31. The average Bonchev–Trinajstić information content (AvgIpc) is 2.64. The van der Waals surface area contributed by atoms with Crippen LogP contribution >= 0.6 is 0 Å². The van der Waals surface area contributed by atoms with Crippen molar-refractivity contribution in [3.05, 3.63) is 65.2 Å². The lowest BCUT2D eigenvalue weighted by Gasteiger charge is -2.12. The topological polar surface area (TPSA) is 88.7 Å². The molecule has 0 aliphatic rings. The highest BCUT2D eigenvalue weighted by Gasteiger charge is 2.02. The number of guanidine groups is 1. The molecule has 1 amide bonds. The second-order valence-electron chi connectivity index (χ2n) is 5.85. The van der Waals surface area contributed by atoms with Crippen LogP contribution in [-0.4, -0.2) is 31.6 Å². The molecule has 0 radical (unpaired) electrons. The number of benzene rings is 2. The summed E-state index contributed by atoms with van der Waals surface area (Å²) in [5.74, 6) is 1.11. The van der Waals surface area contributed by atoms with Gasteiger partial charge in [-0.1, -0.05) is 29.8 Å². The van der Waals surface area contributed by atoms with E-state index in [0.717, 1.165) is 17.9 Å². The van der Waals surface area contributed by atoms with Crippen molar-refractivity contribution in [1.82, 2.24) is 10.6 Å². The lowest BCUT2D eigenvalue weighted by atomic mass is 10.1. The zero-order chi connectivity index (χ0) is 18.8. The number of hydrogen-bond acceptors (Lipinski definition) is 3. The molecule has 26 heavy (non-hydrogen) atoms. The summed E-state index contributed by atoms with van der Waals surface area (Å²) in [6.45, 7) is 6.42. The largest absolute Gasteiger partial charge is 0.492 e. The fourth-order valence-corrected chi connectivity index (χ4v) is 2.31. The summed E-state index contributed by atoms with van der Waals surface area (Å²) in [6, 6.07) is 15.1. The van der Waals surface area contributed by atoms with Gasteiger partial charge in [0.25, 0.3) is 0 Å². The van der Waals surface area contributed by atoms with Gasteiger partial charge in [0.15, 0.2) is 5.96 Å². The molecule has 0 aliphatic carbocycles. The maximum Gasteiger partial charge on any atom is 0.248 e. The van der Waals surface area contributed by atoms with E-state index in [1.165, 1.54) is 5.56 Å². The van der Waals surface area contributed by atoms with Gasteiger partial charge in [0.1, 0.15) is 12.4 Å². The van der Waals surface area contributed by atoms with Crippen LogP contribution in [-0.2, 0) is 6.54 Å². The second-order valence-corrected chi connectivity index (χ2v) is 5.85. The average molecular weight is 354 g/mol. The maximum atomic E-state index is 11.3. The van der Waals surface area contributed by atoms with Crippen LogP contribution in [0.2, 0.25) is 0 Å². The molecule has 0 heterocycles. The minimum absolute atomic E-state index is 0.436. The normalized spacial score (nSPS) is 11.1. The Morgan fingerprint density at radius 1 is 1.15 bits per heavy atom. The van der Waals surface area contributed by atoms with Crippen molar-refractivity contribution >= 4 is 11.9 Å². The van der Waals surface area contributed by atoms with E-state index in [-0.39, 0.29) is 0 Å². The van der Waals surface area contributed by atoms with E-state index in [0.29, 0.717) is 31.2 Å². The number of hydrogen-bond donors (Lipinski definition) is 3. The Morgan fingerprint density at radius 2 is 1.92 bits per heavy atom. The van der Waals surface area contributed by atoms with Crippen LogP contribution < -0.4 is 21.1 Å². The molecule has 0 spiro atoms. The Bertz CT molecular complexity index is 742. The highest BCUT2D eigenvalue weighted by Crippen LogP contribution is 2.10. The molecule has 0 saturated heterocycles. The number of nitrogens with one attached hydrogen (secondary N) is 2. The van der Waals surface area contributed by atoms with Crippen molar-refractivity contribution in [3.63, 3.8) is 0 Å². The van der Waals surface area contributed by atoms with Gasteiger partial charge in [-0.25, -0.2) is 4.99 Å². The van der Waals surface area contributed by atoms with Crippen molar-refractivity contribution in [2.45, 2.75) is 20.4 Å². The molecule has 2 rings (SSSR count). The molecule has 0 aliphatic heterocycles. The molecule has 0 unspecified atom stereocenters. The minimum Gasteiger partial charge on any atom is -0.492 e. The lowest BCUT2D eigenvalue weighted by molar-refractivity contribution is 0.1000. The molecule has 0 bridgehead atoms. The lowest BCUT2D eigenvalue weighted by Crippen LogP contribution is -2.39. The first-order valence-corrected chi connectivity index (χ1v) is 8.69. The number of carbonyl (C=O) groups is 1. The van der Waals surface area contributed by atoms with E-state index < -0.39 is 5.91 Å². The summed E-state index contributed by atoms with van der Waals surface area (Å²) in [5.41, 5.74) is 7.93. The summed E-state index contributed by atoms with van der Waals surface area (Å²) in [6.07, 6.45) is 0. The van der Waals surface area contributed by atoms with E-state index in [1.807, 2.05) is 44.2 Å². The molecule has 0 saturated carbocycles. The number of carbonyl (C=O) groups excluding carboxylic acids is 1. The van der Waals surface area contributed by atoms with Gasteiger partial charge in [0, 0.05) is 12.1 Å². The Labute approximate surface area is 154 Å². The summed E-state index contributed by atoms with van der Waals surface area (Å²) >= 11 is 0. The van der Waals surface area contributed by atoms with E-state index in [9.17, 15) is 4.79 Å². The maximum absolute atomic E-state index is 11.3. The summed E-state index contributed by atoms with van der Waals surface area (Å²) in [5, 5.41) is 6.42. The number of rotatable bonds is 8. The van der Waals surface area contributed by atoms with E-state index >= 15 is 0 Å². The van der Waals surface area contributed by atoms with E-state index in [1.54, 1.807) is 18.2 Å². The third-order valence-electron chi connectivity index (χ3n) is 3.66. The van der Waals surface area contributed by atoms with Gasteiger partial charge < -0.3 is 21.1 Å². The van der Waals surface area contributed by atoms with Gasteiger partial charge in [0.2, 0.25) is 5.91 Å². The van der Waals surface area contributed by atoms with Gasteiger partial charge in [-0.15, -0.1) is 0 Å².